The largest absolute Gasteiger partial charge is 0.378 e. The number of benzene rings is 1. The normalized spacial score (nSPS) is 18.5. The molecule has 1 unspecified atom stereocenters. The molecule has 1 amide bonds. The third kappa shape index (κ3) is 4.29. The number of nitro groups is 1. The molecule has 1 heterocycles. The Morgan fingerprint density at radius 3 is 2.80 bits per heavy atom. The molecule has 0 spiro atoms. The minimum Gasteiger partial charge on any atom is -0.378 e. The molecule has 0 aromatic heterocycles. The van der Waals surface area contributed by atoms with Gasteiger partial charge in [-0.2, -0.15) is 0 Å². The summed E-state index contributed by atoms with van der Waals surface area (Å²) in [6.07, 6.45) is 0.214. The molecule has 0 radical (unpaired) electrons. The van der Waals surface area contributed by atoms with Crippen molar-refractivity contribution in [2.45, 2.75) is 12.5 Å². The summed E-state index contributed by atoms with van der Waals surface area (Å²) in [7, 11) is 0. The highest BCUT2D eigenvalue weighted by Crippen LogP contribution is 2.12. The first-order chi connectivity index (χ1) is 9.65. The van der Waals surface area contributed by atoms with Crippen LogP contribution in [0.3, 0.4) is 0 Å². The Morgan fingerprint density at radius 1 is 1.45 bits per heavy atom. The Hall–Kier alpha value is -1.99. The van der Waals surface area contributed by atoms with Crippen LogP contribution in [0, 0.1) is 10.1 Å². The first-order valence-corrected chi connectivity index (χ1v) is 6.46. The zero-order chi connectivity index (χ0) is 14.4. The molecule has 1 atom stereocenters. The number of morpholine rings is 1. The van der Waals surface area contributed by atoms with E-state index in [1.54, 1.807) is 12.1 Å². The van der Waals surface area contributed by atoms with Crippen molar-refractivity contribution in [2.75, 3.05) is 26.3 Å². The summed E-state index contributed by atoms with van der Waals surface area (Å²) in [4.78, 5) is 21.8. The van der Waals surface area contributed by atoms with Gasteiger partial charge in [0.15, 0.2) is 0 Å². The monoisotopic (exact) mass is 279 g/mol. The minimum atomic E-state index is -0.460. The first kappa shape index (κ1) is 14.4. The maximum Gasteiger partial charge on any atom is 0.269 e. The SMILES string of the molecule is O=C(Cc1ccc([N+](=O)[O-])cc1)NCC1COCCN1. The van der Waals surface area contributed by atoms with Gasteiger partial charge in [0.25, 0.3) is 5.69 Å². The number of hydrogen-bond donors (Lipinski definition) is 2. The van der Waals surface area contributed by atoms with Gasteiger partial charge >= 0.3 is 0 Å². The average molecular weight is 279 g/mol. The van der Waals surface area contributed by atoms with Gasteiger partial charge in [0, 0.05) is 31.3 Å². The summed E-state index contributed by atoms with van der Waals surface area (Å²) in [6.45, 7) is 2.61. The number of nitrogens with one attached hydrogen (secondary N) is 2. The smallest absolute Gasteiger partial charge is 0.269 e. The highest BCUT2D eigenvalue weighted by molar-refractivity contribution is 5.78. The van der Waals surface area contributed by atoms with Crippen molar-refractivity contribution in [1.82, 2.24) is 10.6 Å². The third-order valence-electron chi connectivity index (χ3n) is 3.06. The van der Waals surface area contributed by atoms with Gasteiger partial charge in [0.1, 0.15) is 0 Å². The Bertz CT molecular complexity index is 469. The van der Waals surface area contributed by atoms with E-state index in [1.165, 1.54) is 12.1 Å². The van der Waals surface area contributed by atoms with Crippen LogP contribution in [0.1, 0.15) is 5.56 Å². The standard InChI is InChI=1S/C13H17N3O4/c17-13(15-8-11-9-20-6-5-14-11)7-10-1-3-12(4-2-10)16(18)19/h1-4,11,14H,5-9H2,(H,15,17). The van der Waals surface area contributed by atoms with Crippen molar-refractivity contribution in [1.29, 1.82) is 0 Å². The second-order valence-electron chi connectivity index (χ2n) is 4.63. The van der Waals surface area contributed by atoms with E-state index in [2.05, 4.69) is 10.6 Å². The fraction of sp³-hybridized carbons (Fsp3) is 0.462. The van der Waals surface area contributed by atoms with Crippen LogP contribution in [0.5, 0.6) is 0 Å². The van der Waals surface area contributed by atoms with Crippen LogP contribution in [0.25, 0.3) is 0 Å². The van der Waals surface area contributed by atoms with E-state index in [-0.39, 0.29) is 24.1 Å². The van der Waals surface area contributed by atoms with Crippen molar-refractivity contribution in [3.8, 4) is 0 Å². The third-order valence-corrected chi connectivity index (χ3v) is 3.06. The van der Waals surface area contributed by atoms with Gasteiger partial charge in [-0.3, -0.25) is 14.9 Å². The van der Waals surface area contributed by atoms with E-state index in [1.807, 2.05) is 0 Å². The summed E-state index contributed by atoms with van der Waals surface area (Å²) >= 11 is 0. The van der Waals surface area contributed by atoms with E-state index >= 15 is 0 Å². The summed E-state index contributed by atoms with van der Waals surface area (Å²) in [6, 6.07) is 6.14. The lowest BCUT2D eigenvalue weighted by atomic mass is 10.1. The molecule has 7 heteroatoms. The van der Waals surface area contributed by atoms with E-state index in [4.69, 9.17) is 4.74 Å². The molecule has 108 valence electrons. The van der Waals surface area contributed by atoms with Gasteiger partial charge in [-0.05, 0) is 5.56 Å². The number of nitro benzene ring substituents is 1. The lowest BCUT2D eigenvalue weighted by Gasteiger charge is -2.23. The molecular formula is C13H17N3O4. The number of nitrogens with zero attached hydrogens (tertiary/aromatic N) is 1. The zero-order valence-corrected chi connectivity index (χ0v) is 11.0. The lowest BCUT2D eigenvalue weighted by molar-refractivity contribution is -0.384. The fourth-order valence-corrected chi connectivity index (χ4v) is 1.97. The second kappa shape index (κ2) is 6.97. The van der Waals surface area contributed by atoms with Crippen molar-refractivity contribution < 1.29 is 14.5 Å². The van der Waals surface area contributed by atoms with Crippen LogP contribution in [-0.2, 0) is 16.0 Å². The molecule has 1 aromatic carbocycles. The maximum atomic E-state index is 11.8. The summed E-state index contributed by atoms with van der Waals surface area (Å²) in [5.74, 6) is -0.105. The number of carbonyl (C=O) groups is 1. The molecule has 1 aliphatic heterocycles. The average Bonchev–Trinajstić information content (AvgIpc) is 2.47. The first-order valence-electron chi connectivity index (χ1n) is 6.46. The van der Waals surface area contributed by atoms with E-state index in [9.17, 15) is 14.9 Å². The number of rotatable bonds is 5. The molecule has 0 saturated carbocycles. The van der Waals surface area contributed by atoms with Crippen molar-refractivity contribution >= 4 is 11.6 Å². The predicted octanol–water partition coefficient (Wildman–Crippen LogP) is 0.242. The molecule has 20 heavy (non-hydrogen) atoms. The number of amides is 1. The fourth-order valence-electron chi connectivity index (χ4n) is 1.97. The molecule has 2 rings (SSSR count). The van der Waals surface area contributed by atoms with Crippen molar-refractivity contribution in [3.63, 3.8) is 0 Å². The van der Waals surface area contributed by atoms with Crippen LogP contribution >= 0.6 is 0 Å². The van der Waals surface area contributed by atoms with E-state index in [0.29, 0.717) is 19.8 Å². The summed E-state index contributed by atoms with van der Waals surface area (Å²) in [5.41, 5.74) is 0.777. The van der Waals surface area contributed by atoms with Crippen LogP contribution in [0.4, 0.5) is 5.69 Å². The molecule has 0 aliphatic carbocycles. The summed E-state index contributed by atoms with van der Waals surface area (Å²) in [5, 5.41) is 16.6. The van der Waals surface area contributed by atoms with E-state index in [0.717, 1.165) is 12.1 Å². The molecule has 0 bridgehead atoms. The predicted molar refractivity (Wildman–Crippen MR) is 72.4 cm³/mol. The lowest BCUT2D eigenvalue weighted by Crippen LogP contribution is -2.48. The van der Waals surface area contributed by atoms with Crippen LogP contribution in [0.2, 0.25) is 0 Å². The Labute approximate surface area is 116 Å². The Balaban J connectivity index is 1.77. The van der Waals surface area contributed by atoms with E-state index < -0.39 is 4.92 Å². The topological polar surface area (TPSA) is 93.5 Å². The molecule has 1 aliphatic rings. The molecule has 2 N–H and O–H groups in total. The molecule has 1 aromatic rings. The number of hydrogen-bond acceptors (Lipinski definition) is 5. The molecule has 1 fully saturated rings. The van der Waals surface area contributed by atoms with Crippen LogP contribution < -0.4 is 10.6 Å². The van der Waals surface area contributed by atoms with Gasteiger partial charge in [-0.25, -0.2) is 0 Å². The quantitative estimate of drug-likeness (QED) is 0.595. The minimum absolute atomic E-state index is 0.0257. The number of ether oxygens (including phenoxy) is 1. The Kier molecular flexibility index (Phi) is 5.03. The second-order valence-corrected chi connectivity index (χ2v) is 4.63. The van der Waals surface area contributed by atoms with Crippen molar-refractivity contribution in [3.05, 3.63) is 39.9 Å². The van der Waals surface area contributed by atoms with Gasteiger partial charge in [-0.15, -0.1) is 0 Å². The highest BCUT2D eigenvalue weighted by atomic mass is 16.6. The van der Waals surface area contributed by atoms with Gasteiger partial charge in [0.2, 0.25) is 5.91 Å². The van der Waals surface area contributed by atoms with Gasteiger partial charge in [-0.1, -0.05) is 12.1 Å². The molecule has 7 nitrogen and oxygen atoms in total. The van der Waals surface area contributed by atoms with Crippen LogP contribution in [-0.4, -0.2) is 43.2 Å². The maximum absolute atomic E-state index is 11.8. The Morgan fingerprint density at radius 2 is 2.20 bits per heavy atom. The number of non-ortho nitro benzene ring substituents is 1. The summed E-state index contributed by atoms with van der Waals surface area (Å²) < 4.78 is 5.29. The van der Waals surface area contributed by atoms with Gasteiger partial charge < -0.3 is 15.4 Å². The molecule has 1 saturated heterocycles. The van der Waals surface area contributed by atoms with Gasteiger partial charge in [0.05, 0.1) is 24.6 Å². The van der Waals surface area contributed by atoms with Crippen molar-refractivity contribution in [2.24, 2.45) is 0 Å². The van der Waals surface area contributed by atoms with Crippen LogP contribution in [0.15, 0.2) is 24.3 Å². The number of carbonyl (C=O) groups excluding carboxylic acids is 1. The zero-order valence-electron chi connectivity index (χ0n) is 11.0. The molecular weight excluding hydrogens is 262 g/mol. The highest BCUT2D eigenvalue weighted by Gasteiger charge is 2.14.